The number of benzene rings is 3. The zero-order valence-corrected chi connectivity index (χ0v) is 17.5. The molecule has 7 heteroatoms. The van der Waals surface area contributed by atoms with Crippen LogP contribution in [-0.2, 0) is 0 Å². The molecule has 0 fully saturated rings. The van der Waals surface area contributed by atoms with Crippen molar-refractivity contribution in [1.29, 1.82) is 0 Å². The summed E-state index contributed by atoms with van der Waals surface area (Å²) in [6, 6.07) is 22.3. The zero-order chi connectivity index (χ0) is 21.5. The van der Waals surface area contributed by atoms with E-state index in [-0.39, 0.29) is 5.69 Å². The fourth-order valence-electron chi connectivity index (χ4n) is 2.71. The first-order valence-corrected chi connectivity index (χ1v) is 9.69. The molecule has 3 rings (SSSR count). The lowest BCUT2D eigenvalue weighted by molar-refractivity contribution is -0.384. The molecule has 0 aromatic heterocycles. The van der Waals surface area contributed by atoms with Gasteiger partial charge in [-0.15, -0.1) is 0 Å². The molecule has 3 aromatic rings. The minimum Gasteiger partial charge on any atom is -0.378 e. The molecule has 30 heavy (non-hydrogen) atoms. The number of rotatable bonds is 6. The summed E-state index contributed by atoms with van der Waals surface area (Å²) in [6.07, 6.45) is 4.13. The maximum Gasteiger partial charge on any atom is 0.269 e. The van der Waals surface area contributed by atoms with Crippen LogP contribution in [0.3, 0.4) is 0 Å². The van der Waals surface area contributed by atoms with E-state index in [9.17, 15) is 10.1 Å². The van der Waals surface area contributed by atoms with Crippen LogP contribution in [0.25, 0.3) is 12.2 Å². The van der Waals surface area contributed by atoms with Gasteiger partial charge in [-0.1, -0.05) is 36.4 Å². The third-order valence-corrected chi connectivity index (χ3v) is 4.59. The Kier molecular flexibility index (Phi) is 6.77. The second-order valence-corrected chi connectivity index (χ2v) is 7.23. The van der Waals surface area contributed by atoms with Gasteiger partial charge < -0.3 is 15.5 Å². The summed E-state index contributed by atoms with van der Waals surface area (Å²) in [6.45, 7) is 0. The highest BCUT2D eigenvalue weighted by Crippen LogP contribution is 2.18. The van der Waals surface area contributed by atoms with Gasteiger partial charge in [-0.2, -0.15) is 0 Å². The molecule has 0 aliphatic rings. The summed E-state index contributed by atoms with van der Waals surface area (Å²) in [5.74, 6) is 0. The number of anilines is 3. The van der Waals surface area contributed by atoms with Crippen molar-refractivity contribution < 1.29 is 4.92 Å². The number of non-ortho nitro benzene ring substituents is 1. The highest BCUT2D eigenvalue weighted by atomic mass is 32.1. The predicted molar refractivity (Wildman–Crippen MR) is 129 cm³/mol. The molecule has 3 aromatic carbocycles. The molecule has 152 valence electrons. The minimum absolute atomic E-state index is 0.0386. The molecule has 0 aliphatic carbocycles. The molecule has 0 radical (unpaired) electrons. The number of thiocarbonyl (C=S) groups is 1. The standard InChI is InChI=1S/C23H22N4O2S/c1-26(2)21-13-7-18(8-14-21)4-3-17-5-9-19(10-6-17)24-23(30)25-20-11-15-22(16-12-20)27(28)29/h3-16H,1-2H3,(H2,24,25,30)/b4-3+. The van der Waals surface area contributed by atoms with Gasteiger partial charge in [0.25, 0.3) is 5.69 Å². The van der Waals surface area contributed by atoms with Crippen molar-refractivity contribution in [1.82, 2.24) is 0 Å². The van der Waals surface area contributed by atoms with E-state index in [1.807, 2.05) is 38.4 Å². The lowest BCUT2D eigenvalue weighted by atomic mass is 10.1. The predicted octanol–water partition coefficient (Wildman–Crippen LogP) is 5.64. The number of hydrogen-bond donors (Lipinski definition) is 2. The Balaban J connectivity index is 1.55. The lowest BCUT2D eigenvalue weighted by Gasteiger charge is -2.11. The van der Waals surface area contributed by atoms with Crippen molar-refractivity contribution in [3.63, 3.8) is 0 Å². The van der Waals surface area contributed by atoms with E-state index in [0.717, 1.165) is 16.8 Å². The van der Waals surface area contributed by atoms with Gasteiger partial charge in [-0.25, -0.2) is 0 Å². The molecule has 0 saturated carbocycles. The van der Waals surface area contributed by atoms with Crippen LogP contribution >= 0.6 is 12.2 Å². The van der Waals surface area contributed by atoms with Gasteiger partial charge in [0, 0.05) is 43.3 Å². The molecule has 2 N–H and O–H groups in total. The summed E-state index contributed by atoms with van der Waals surface area (Å²) < 4.78 is 0. The van der Waals surface area contributed by atoms with Crippen LogP contribution in [0.2, 0.25) is 0 Å². The van der Waals surface area contributed by atoms with Crippen LogP contribution in [0.4, 0.5) is 22.7 Å². The molecule has 0 bridgehead atoms. The quantitative estimate of drug-likeness (QED) is 0.234. The summed E-state index contributed by atoms with van der Waals surface area (Å²) in [7, 11) is 4.04. The maximum absolute atomic E-state index is 10.7. The molecular weight excluding hydrogens is 396 g/mol. The average Bonchev–Trinajstić information content (AvgIpc) is 2.74. The van der Waals surface area contributed by atoms with Gasteiger partial charge in [0.1, 0.15) is 0 Å². The van der Waals surface area contributed by atoms with Crippen LogP contribution in [-0.4, -0.2) is 24.1 Å². The maximum atomic E-state index is 10.7. The van der Waals surface area contributed by atoms with Crippen molar-refractivity contribution in [2.24, 2.45) is 0 Å². The topological polar surface area (TPSA) is 70.4 Å². The van der Waals surface area contributed by atoms with Crippen molar-refractivity contribution in [2.45, 2.75) is 0 Å². The molecule has 0 spiro atoms. The Labute approximate surface area is 181 Å². The fraction of sp³-hybridized carbons (Fsp3) is 0.0870. The number of nitrogens with zero attached hydrogens (tertiary/aromatic N) is 2. The van der Waals surface area contributed by atoms with Crippen molar-refractivity contribution in [3.05, 3.63) is 94.0 Å². The summed E-state index contributed by atoms with van der Waals surface area (Å²) in [5.41, 5.74) is 4.94. The monoisotopic (exact) mass is 418 g/mol. The van der Waals surface area contributed by atoms with Crippen LogP contribution in [0.15, 0.2) is 72.8 Å². The van der Waals surface area contributed by atoms with Gasteiger partial charge >= 0.3 is 0 Å². The Morgan fingerprint density at radius 1 is 0.833 bits per heavy atom. The Morgan fingerprint density at radius 2 is 1.27 bits per heavy atom. The van der Waals surface area contributed by atoms with Gasteiger partial charge in [0.05, 0.1) is 4.92 Å². The molecule has 0 atom stereocenters. The summed E-state index contributed by atoms with van der Waals surface area (Å²) >= 11 is 5.31. The number of hydrogen-bond acceptors (Lipinski definition) is 4. The SMILES string of the molecule is CN(C)c1ccc(/C=C/c2ccc(NC(=S)Nc3ccc([N+](=O)[O-])cc3)cc2)cc1. The third kappa shape index (κ3) is 5.89. The summed E-state index contributed by atoms with van der Waals surface area (Å²) in [4.78, 5) is 12.3. The number of nitro benzene ring substituents is 1. The first kappa shape index (κ1) is 21.0. The van der Waals surface area contributed by atoms with Crippen LogP contribution in [0, 0.1) is 10.1 Å². The number of nitrogens with one attached hydrogen (secondary N) is 2. The van der Waals surface area contributed by atoms with Crippen molar-refractivity contribution in [3.8, 4) is 0 Å². The van der Waals surface area contributed by atoms with Gasteiger partial charge in [0.15, 0.2) is 5.11 Å². The first-order chi connectivity index (χ1) is 14.4. The van der Waals surface area contributed by atoms with Crippen LogP contribution in [0.5, 0.6) is 0 Å². The highest BCUT2D eigenvalue weighted by Gasteiger charge is 2.05. The fourth-order valence-corrected chi connectivity index (χ4v) is 2.95. The molecule has 0 unspecified atom stereocenters. The van der Waals surface area contributed by atoms with Gasteiger partial charge in [-0.3, -0.25) is 10.1 Å². The molecule has 6 nitrogen and oxygen atoms in total. The first-order valence-electron chi connectivity index (χ1n) is 9.29. The third-order valence-electron chi connectivity index (χ3n) is 4.38. The molecule has 0 saturated heterocycles. The molecule has 0 heterocycles. The molecule has 0 amide bonds. The molecular formula is C23H22N4O2S. The normalized spacial score (nSPS) is 10.6. The highest BCUT2D eigenvalue weighted by molar-refractivity contribution is 7.80. The van der Waals surface area contributed by atoms with Crippen LogP contribution in [0.1, 0.15) is 11.1 Å². The second-order valence-electron chi connectivity index (χ2n) is 6.82. The largest absolute Gasteiger partial charge is 0.378 e. The smallest absolute Gasteiger partial charge is 0.269 e. The Morgan fingerprint density at radius 3 is 1.70 bits per heavy atom. The van der Waals surface area contributed by atoms with E-state index < -0.39 is 4.92 Å². The second kappa shape index (κ2) is 9.67. The minimum atomic E-state index is -0.435. The van der Waals surface area contributed by atoms with E-state index in [2.05, 4.69) is 52.0 Å². The van der Waals surface area contributed by atoms with Gasteiger partial charge in [-0.05, 0) is 59.7 Å². The zero-order valence-electron chi connectivity index (χ0n) is 16.7. The molecule has 0 aliphatic heterocycles. The van der Waals surface area contributed by atoms with E-state index >= 15 is 0 Å². The Hall–Kier alpha value is -3.71. The van der Waals surface area contributed by atoms with E-state index in [0.29, 0.717) is 10.8 Å². The van der Waals surface area contributed by atoms with Crippen molar-refractivity contribution >= 4 is 52.2 Å². The van der Waals surface area contributed by atoms with E-state index in [4.69, 9.17) is 12.2 Å². The van der Waals surface area contributed by atoms with Gasteiger partial charge in [0.2, 0.25) is 0 Å². The lowest BCUT2D eigenvalue weighted by Crippen LogP contribution is -2.18. The van der Waals surface area contributed by atoms with Crippen LogP contribution < -0.4 is 15.5 Å². The van der Waals surface area contributed by atoms with Crippen molar-refractivity contribution in [2.75, 3.05) is 29.6 Å². The van der Waals surface area contributed by atoms with E-state index in [1.54, 1.807) is 12.1 Å². The average molecular weight is 419 g/mol. The number of nitro groups is 1. The Bertz CT molecular complexity index is 1040. The van der Waals surface area contributed by atoms with E-state index in [1.165, 1.54) is 17.8 Å². The summed E-state index contributed by atoms with van der Waals surface area (Å²) in [5, 5.41) is 17.2.